The summed E-state index contributed by atoms with van der Waals surface area (Å²) in [5, 5.41) is 20.6. The number of halogens is 1. The van der Waals surface area contributed by atoms with Crippen molar-refractivity contribution in [3.63, 3.8) is 0 Å². The highest BCUT2D eigenvalue weighted by Crippen LogP contribution is 2.16. The van der Waals surface area contributed by atoms with E-state index in [1.165, 1.54) is 11.7 Å². The number of carboxylic acid groups (broad SMARTS) is 1. The summed E-state index contributed by atoms with van der Waals surface area (Å²) in [6.07, 6.45) is 1.14. The number of nitrogens with one attached hydrogen (secondary N) is 1. The maximum atomic E-state index is 12.4. The minimum absolute atomic E-state index is 0.0421. The Labute approximate surface area is 154 Å². The normalized spacial score (nSPS) is 10.7. The van der Waals surface area contributed by atoms with Crippen molar-refractivity contribution < 1.29 is 14.7 Å². The van der Waals surface area contributed by atoms with E-state index >= 15 is 0 Å². The molecule has 1 aromatic carbocycles. The molecule has 134 valence electrons. The van der Waals surface area contributed by atoms with E-state index in [-0.39, 0.29) is 11.3 Å². The Bertz CT molecular complexity index is 992. The van der Waals surface area contributed by atoms with Crippen LogP contribution in [0.4, 0.5) is 5.82 Å². The average Bonchev–Trinajstić information content (AvgIpc) is 3.10. The summed E-state index contributed by atoms with van der Waals surface area (Å²) in [6, 6.07) is 9.13. The molecule has 0 bridgehead atoms. The topological polar surface area (TPSA) is 102 Å². The van der Waals surface area contributed by atoms with Crippen molar-refractivity contribution in [2.24, 2.45) is 7.05 Å². The van der Waals surface area contributed by atoms with Crippen molar-refractivity contribution in [2.45, 2.75) is 13.5 Å². The lowest BCUT2D eigenvalue weighted by Gasteiger charge is -2.05. The fourth-order valence-electron chi connectivity index (χ4n) is 2.58. The Morgan fingerprint density at radius 1 is 1.31 bits per heavy atom. The van der Waals surface area contributed by atoms with Crippen LogP contribution < -0.4 is 5.32 Å². The van der Waals surface area contributed by atoms with Gasteiger partial charge in [-0.15, -0.1) is 0 Å². The number of rotatable bonds is 5. The van der Waals surface area contributed by atoms with Gasteiger partial charge in [0.2, 0.25) is 0 Å². The van der Waals surface area contributed by atoms with Crippen molar-refractivity contribution >= 4 is 29.3 Å². The Morgan fingerprint density at radius 3 is 2.77 bits per heavy atom. The summed E-state index contributed by atoms with van der Waals surface area (Å²) in [5.74, 6) is -1.48. The second kappa shape index (κ2) is 7.01. The van der Waals surface area contributed by atoms with E-state index in [4.69, 9.17) is 16.7 Å². The van der Waals surface area contributed by atoms with E-state index in [0.29, 0.717) is 17.4 Å². The zero-order chi connectivity index (χ0) is 18.8. The number of hydrogen-bond donors (Lipinski definition) is 2. The van der Waals surface area contributed by atoms with Crippen LogP contribution in [0, 0.1) is 6.92 Å². The molecule has 26 heavy (non-hydrogen) atoms. The van der Waals surface area contributed by atoms with E-state index in [0.717, 1.165) is 17.5 Å². The number of aromatic nitrogens is 4. The van der Waals surface area contributed by atoms with Crippen LogP contribution in [0.25, 0.3) is 0 Å². The number of carbonyl (C=O) groups excluding carboxylic acids is 1. The molecule has 1 amide bonds. The lowest BCUT2D eigenvalue weighted by atomic mass is 10.2. The van der Waals surface area contributed by atoms with E-state index < -0.39 is 11.9 Å². The lowest BCUT2D eigenvalue weighted by molar-refractivity contribution is 0.0692. The van der Waals surface area contributed by atoms with Gasteiger partial charge in [0, 0.05) is 23.8 Å². The van der Waals surface area contributed by atoms with Crippen LogP contribution in [0.3, 0.4) is 0 Å². The molecule has 2 heterocycles. The fraction of sp³-hybridized carbons (Fsp3) is 0.176. The second-order valence-corrected chi connectivity index (χ2v) is 6.18. The first-order valence-corrected chi connectivity index (χ1v) is 8.08. The molecular weight excluding hydrogens is 358 g/mol. The largest absolute Gasteiger partial charge is 0.478 e. The minimum atomic E-state index is -1.22. The van der Waals surface area contributed by atoms with E-state index in [1.807, 2.05) is 25.1 Å². The highest BCUT2D eigenvalue weighted by atomic mass is 35.5. The monoisotopic (exact) mass is 373 g/mol. The van der Waals surface area contributed by atoms with Crippen LogP contribution in [0.5, 0.6) is 0 Å². The first-order chi connectivity index (χ1) is 12.3. The number of benzene rings is 1. The molecule has 0 atom stereocenters. The molecule has 3 aromatic rings. The number of amides is 1. The molecule has 3 rings (SSSR count). The number of carboxylic acids is 1. The number of anilines is 1. The van der Waals surface area contributed by atoms with Gasteiger partial charge in [-0.1, -0.05) is 23.7 Å². The first kappa shape index (κ1) is 17.7. The third-order valence-electron chi connectivity index (χ3n) is 3.83. The zero-order valence-electron chi connectivity index (χ0n) is 14.1. The van der Waals surface area contributed by atoms with E-state index in [9.17, 15) is 9.59 Å². The molecule has 8 nitrogen and oxygen atoms in total. The van der Waals surface area contributed by atoms with Crippen LogP contribution in [0.1, 0.15) is 32.1 Å². The van der Waals surface area contributed by atoms with Gasteiger partial charge in [0.05, 0.1) is 12.7 Å². The summed E-state index contributed by atoms with van der Waals surface area (Å²) >= 11 is 5.99. The Balaban J connectivity index is 1.80. The van der Waals surface area contributed by atoms with Crippen LogP contribution in [0.15, 0.2) is 36.5 Å². The van der Waals surface area contributed by atoms with Gasteiger partial charge < -0.3 is 10.4 Å². The van der Waals surface area contributed by atoms with Gasteiger partial charge in [-0.05, 0) is 24.6 Å². The van der Waals surface area contributed by atoms with Gasteiger partial charge in [0.1, 0.15) is 11.3 Å². The quantitative estimate of drug-likeness (QED) is 0.715. The Kier molecular flexibility index (Phi) is 4.77. The number of aryl methyl sites for hydroxylation is 2. The molecule has 0 radical (unpaired) electrons. The molecule has 0 fully saturated rings. The third-order valence-corrected chi connectivity index (χ3v) is 4.06. The average molecular weight is 374 g/mol. The summed E-state index contributed by atoms with van der Waals surface area (Å²) in [4.78, 5) is 23.7. The summed E-state index contributed by atoms with van der Waals surface area (Å²) in [5.41, 5.74) is 1.60. The third kappa shape index (κ3) is 3.60. The van der Waals surface area contributed by atoms with Gasteiger partial charge in [-0.25, -0.2) is 4.79 Å². The lowest BCUT2D eigenvalue weighted by Crippen LogP contribution is -2.19. The second-order valence-electron chi connectivity index (χ2n) is 5.75. The van der Waals surface area contributed by atoms with Gasteiger partial charge in [-0.2, -0.15) is 10.2 Å². The summed E-state index contributed by atoms with van der Waals surface area (Å²) in [6.45, 7) is 2.36. The van der Waals surface area contributed by atoms with Crippen LogP contribution in [-0.4, -0.2) is 36.5 Å². The highest BCUT2D eigenvalue weighted by molar-refractivity contribution is 6.30. The molecule has 0 aliphatic carbocycles. The number of hydrogen-bond acceptors (Lipinski definition) is 4. The standard InChI is InChI=1S/C17H16ClN5O3/c1-10-6-14(21-23(10)9-11-4-3-5-12(18)7-11)20-16(24)15-13(17(25)26)8-19-22(15)2/h3-8H,9H2,1-2H3,(H,25,26)(H,20,21,24). The van der Waals surface area contributed by atoms with Crippen molar-refractivity contribution in [3.8, 4) is 0 Å². The van der Waals surface area contributed by atoms with Crippen LogP contribution in [-0.2, 0) is 13.6 Å². The van der Waals surface area contributed by atoms with Gasteiger partial charge in [0.25, 0.3) is 5.91 Å². The molecule has 0 aliphatic heterocycles. The molecule has 2 aromatic heterocycles. The van der Waals surface area contributed by atoms with Crippen molar-refractivity contribution in [1.29, 1.82) is 0 Å². The van der Waals surface area contributed by atoms with Gasteiger partial charge >= 0.3 is 5.97 Å². The summed E-state index contributed by atoms with van der Waals surface area (Å²) < 4.78 is 2.94. The van der Waals surface area contributed by atoms with Gasteiger partial charge in [-0.3, -0.25) is 14.2 Å². The molecule has 0 spiro atoms. The molecular formula is C17H16ClN5O3. The highest BCUT2D eigenvalue weighted by Gasteiger charge is 2.22. The molecule has 0 aliphatic rings. The SMILES string of the molecule is Cc1cc(NC(=O)c2c(C(=O)O)cnn2C)nn1Cc1cccc(Cl)c1. The predicted octanol–water partition coefficient (Wildman–Crippen LogP) is 2.58. The van der Waals surface area contributed by atoms with Crippen molar-refractivity contribution in [1.82, 2.24) is 19.6 Å². The predicted molar refractivity (Wildman–Crippen MR) is 95.6 cm³/mol. The zero-order valence-corrected chi connectivity index (χ0v) is 14.9. The van der Waals surface area contributed by atoms with Crippen LogP contribution in [0.2, 0.25) is 5.02 Å². The molecule has 0 saturated carbocycles. The fourth-order valence-corrected chi connectivity index (χ4v) is 2.79. The number of nitrogens with zero attached hydrogens (tertiary/aromatic N) is 4. The molecule has 9 heteroatoms. The Morgan fingerprint density at radius 2 is 2.08 bits per heavy atom. The number of aromatic carboxylic acids is 1. The molecule has 2 N–H and O–H groups in total. The minimum Gasteiger partial charge on any atom is -0.478 e. The van der Waals surface area contributed by atoms with Crippen LogP contribution >= 0.6 is 11.6 Å². The first-order valence-electron chi connectivity index (χ1n) is 7.70. The number of carbonyl (C=O) groups is 2. The van der Waals surface area contributed by atoms with E-state index in [2.05, 4.69) is 15.5 Å². The van der Waals surface area contributed by atoms with Crippen molar-refractivity contribution in [3.05, 3.63) is 64.1 Å². The molecule has 0 saturated heterocycles. The van der Waals surface area contributed by atoms with Crippen molar-refractivity contribution in [2.75, 3.05) is 5.32 Å². The maximum absolute atomic E-state index is 12.4. The smallest absolute Gasteiger partial charge is 0.339 e. The Hall–Kier alpha value is -3.13. The van der Waals surface area contributed by atoms with E-state index in [1.54, 1.807) is 16.8 Å². The maximum Gasteiger partial charge on any atom is 0.339 e. The van der Waals surface area contributed by atoms with Gasteiger partial charge in [0.15, 0.2) is 5.82 Å². The molecule has 0 unspecified atom stereocenters. The summed E-state index contributed by atoms with van der Waals surface area (Å²) in [7, 11) is 1.50.